The fraction of sp³-hybridized carbons (Fsp3) is 0.476. The van der Waals surface area contributed by atoms with Crippen LogP contribution in [0.4, 0.5) is 4.79 Å². The molecule has 2 amide bonds. The minimum Gasteiger partial charge on any atom is -0.469 e. The molecule has 0 saturated carbocycles. The van der Waals surface area contributed by atoms with E-state index in [1.165, 1.54) is 7.11 Å². The lowest BCUT2D eigenvalue weighted by Crippen LogP contribution is -2.44. The molecule has 0 bridgehead atoms. The Morgan fingerprint density at radius 3 is 1.91 bits per heavy atom. The molecular formula is C21H28N2O9. The number of alkyl carbamates (subject to hydrolysis) is 1. The highest BCUT2D eigenvalue weighted by molar-refractivity contribution is 5.86. The van der Waals surface area contributed by atoms with Gasteiger partial charge in [0.05, 0.1) is 21.3 Å². The number of methoxy groups -OCH3 is 3. The topological polar surface area (TPSA) is 146 Å². The van der Waals surface area contributed by atoms with Crippen LogP contribution in [0.25, 0.3) is 0 Å². The Kier molecular flexibility index (Phi) is 11.9. The predicted octanol–water partition coefficient (Wildman–Crippen LogP) is 0.846. The van der Waals surface area contributed by atoms with Crippen LogP contribution in [0, 0.1) is 0 Å². The van der Waals surface area contributed by atoms with Gasteiger partial charge in [0.1, 0.15) is 18.7 Å². The van der Waals surface area contributed by atoms with Gasteiger partial charge < -0.3 is 29.6 Å². The smallest absolute Gasteiger partial charge is 0.408 e. The summed E-state index contributed by atoms with van der Waals surface area (Å²) in [6, 6.07) is 6.74. The van der Waals surface area contributed by atoms with Crippen molar-refractivity contribution in [3.63, 3.8) is 0 Å². The Hall–Kier alpha value is -3.63. The van der Waals surface area contributed by atoms with Crippen LogP contribution in [0.5, 0.6) is 0 Å². The zero-order chi connectivity index (χ0) is 23.9. The third-order valence-electron chi connectivity index (χ3n) is 4.34. The van der Waals surface area contributed by atoms with E-state index in [9.17, 15) is 24.0 Å². The molecule has 0 radical (unpaired) electrons. The summed E-state index contributed by atoms with van der Waals surface area (Å²) < 4.78 is 18.9. The Bertz CT molecular complexity index is 783. The molecule has 0 saturated heterocycles. The lowest BCUT2D eigenvalue weighted by atomic mass is 10.1. The molecule has 0 fully saturated rings. The number of carbonyl (C=O) groups is 5. The fourth-order valence-electron chi connectivity index (χ4n) is 2.60. The number of amides is 2. The lowest BCUT2D eigenvalue weighted by Gasteiger charge is -2.18. The molecule has 1 aromatic rings. The number of hydrogen-bond donors (Lipinski definition) is 2. The summed E-state index contributed by atoms with van der Waals surface area (Å²) in [6.45, 7) is 0.00204. The molecule has 0 unspecified atom stereocenters. The zero-order valence-corrected chi connectivity index (χ0v) is 18.3. The third-order valence-corrected chi connectivity index (χ3v) is 4.34. The van der Waals surface area contributed by atoms with Gasteiger partial charge in [-0.25, -0.2) is 14.4 Å². The van der Waals surface area contributed by atoms with Crippen molar-refractivity contribution in [3.8, 4) is 0 Å². The molecular weight excluding hydrogens is 426 g/mol. The Morgan fingerprint density at radius 2 is 1.34 bits per heavy atom. The molecule has 0 aliphatic rings. The summed E-state index contributed by atoms with van der Waals surface area (Å²) in [6.07, 6.45) is -1.30. The monoisotopic (exact) mass is 454 g/mol. The molecule has 176 valence electrons. The van der Waals surface area contributed by atoms with Gasteiger partial charge in [0.25, 0.3) is 0 Å². The molecule has 1 rings (SSSR count). The van der Waals surface area contributed by atoms with E-state index in [0.717, 1.165) is 19.8 Å². The molecule has 0 spiro atoms. The fourth-order valence-corrected chi connectivity index (χ4v) is 2.60. The first-order valence-corrected chi connectivity index (χ1v) is 9.79. The number of nitrogens with one attached hydrogen (secondary N) is 2. The van der Waals surface area contributed by atoms with Gasteiger partial charge in [-0.2, -0.15) is 0 Å². The normalized spacial score (nSPS) is 12.0. The molecule has 0 aromatic heterocycles. The summed E-state index contributed by atoms with van der Waals surface area (Å²) in [7, 11) is 3.50. The highest BCUT2D eigenvalue weighted by atomic mass is 16.6. The highest BCUT2D eigenvalue weighted by Crippen LogP contribution is 2.06. The second-order valence-electron chi connectivity index (χ2n) is 6.58. The lowest BCUT2D eigenvalue weighted by molar-refractivity contribution is -0.147. The van der Waals surface area contributed by atoms with Crippen LogP contribution in [0.1, 0.15) is 31.2 Å². The summed E-state index contributed by atoms with van der Waals surface area (Å²) in [4.78, 5) is 59.4. The number of rotatable bonds is 12. The van der Waals surface area contributed by atoms with E-state index in [4.69, 9.17) is 4.74 Å². The minimum atomic E-state index is -1.14. The summed E-state index contributed by atoms with van der Waals surface area (Å²) in [5, 5.41) is 4.80. The van der Waals surface area contributed by atoms with Gasteiger partial charge >= 0.3 is 24.0 Å². The molecule has 2 N–H and O–H groups in total. The van der Waals surface area contributed by atoms with Crippen molar-refractivity contribution in [1.29, 1.82) is 0 Å². The number of hydrogen-bond acceptors (Lipinski definition) is 9. The first-order chi connectivity index (χ1) is 15.3. The summed E-state index contributed by atoms with van der Waals surface area (Å²) in [5.74, 6) is -2.62. The van der Waals surface area contributed by atoms with E-state index in [1.54, 1.807) is 24.3 Å². The van der Waals surface area contributed by atoms with E-state index in [2.05, 4.69) is 24.8 Å². The average molecular weight is 454 g/mol. The standard InChI is InChI=1S/C21H28N2O9/c1-29-18(25)12-10-15(19(26)30-2)22-17(24)11-9-16(20(27)31-3)23-21(28)32-13-14-7-5-4-6-8-14/h4-8,15-16H,9-13H2,1-3H3,(H,22,24)(H,23,28)/t15-,16-/m0/s1/i22+1,23+1. The van der Waals surface area contributed by atoms with E-state index in [0.29, 0.717) is 0 Å². The van der Waals surface area contributed by atoms with E-state index in [1.807, 2.05) is 6.07 Å². The van der Waals surface area contributed by atoms with Gasteiger partial charge in [0.15, 0.2) is 0 Å². The third kappa shape index (κ3) is 9.92. The predicted molar refractivity (Wildman–Crippen MR) is 110 cm³/mol. The van der Waals surface area contributed by atoms with Gasteiger partial charge in [-0.3, -0.25) is 9.59 Å². The van der Waals surface area contributed by atoms with Crippen LogP contribution in [-0.4, -0.2) is 63.3 Å². The van der Waals surface area contributed by atoms with E-state index in [-0.39, 0.29) is 32.3 Å². The van der Waals surface area contributed by atoms with Crippen LogP contribution >= 0.6 is 0 Å². The van der Waals surface area contributed by atoms with Gasteiger partial charge in [-0.05, 0) is 18.4 Å². The molecule has 11 heteroatoms. The molecule has 0 aliphatic heterocycles. The van der Waals surface area contributed by atoms with Gasteiger partial charge in [0, 0.05) is 12.8 Å². The Labute approximate surface area is 185 Å². The van der Waals surface area contributed by atoms with Gasteiger partial charge in [-0.15, -0.1) is 0 Å². The summed E-state index contributed by atoms with van der Waals surface area (Å²) >= 11 is 0. The number of esters is 3. The average Bonchev–Trinajstić information content (AvgIpc) is 2.82. The second kappa shape index (κ2) is 14.4. The van der Waals surface area contributed by atoms with Crippen LogP contribution in [-0.2, 0) is 44.7 Å². The molecule has 1 aromatic carbocycles. The number of carbonyl (C=O) groups excluding carboxylic acids is 5. The van der Waals surface area contributed by atoms with Crippen molar-refractivity contribution in [1.82, 2.24) is 10.6 Å². The van der Waals surface area contributed by atoms with Crippen molar-refractivity contribution in [3.05, 3.63) is 35.9 Å². The maximum atomic E-state index is 12.3. The van der Waals surface area contributed by atoms with Crippen LogP contribution < -0.4 is 10.6 Å². The largest absolute Gasteiger partial charge is 0.469 e. The maximum Gasteiger partial charge on any atom is 0.408 e. The van der Waals surface area contributed by atoms with Gasteiger partial charge in [-0.1, -0.05) is 30.3 Å². The van der Waals surface area contributed by atoms with Crippen LogP contribution in [0.15, 0.2) is 30.3 Å². The van der Waals surface area contributed by atoms with Crippen molar-refractivity contribution in [2.45, 2.75) is 44.4 Å². The summed E-state index contributed by atoms with van der Waals surface area (Å²) in [5.41, 5.74) is 0.762. The Morgan fingerprint density at radius 1 is 0.781 bits per heavy atom. The van der Waals surface area contributed by atoms with Crippen molar-refractivity contribution >= 4 is 29.9 Å². The van der Waals surface area contributed by atoms with Gasteiger partial charge in [0.2, 0.25) is 5.91 Å². The highest BCUT2D eigenvalue weighted by Gasteiger charge is 2.26. The van der Waals surface area contributed by atoms with Crippen molar-refractivity contribution < 1.29 is 42.9 Å². The minimum absolute atomic E-state index is 0.00204. The quantitative estimate of drug-likeness (QED) is 0.266. The van der Waals surface area contributed by atoms with Crippen LogP contribution in [0.2, 0.25) is 0 Å². The SMILES string of the molecule is COC(=O)CC[C@H]([15NH]C(=O)CC[C@H]([15NH]C(=O)OCc1ccccc1)C(=O)OC)C(=O)OC. The zero-order valence-electron chi connectivity index (χ0n) is 18.3. The van der Waals surface area contributed by atoms with Crippen molar-refractivity contribution in [2.75, 3.05) is 21.3 Å². The Balaban J connectivity index is 2.59. The number of benzene rings is 1. The van der Waals surface area contributed by atoms with Crippen molar-refractivity contribution in [2.24, 2.45) is 0 Å². The molecule has 0 aliphatic carbocycles. The molecule has 32 heavy (non-hydrogen) atoms. The molecule has 11 nitrogen and oxygen atoms in total. The van der Waals surface area contributed by atoms with E-state index < -0.39 is 42.0 Å². The second-order valence-corrected chi connectivity index (χ2v) is 6.58. The molecule has 2 atom stereocenters. The number of ether oxygens (including phenoxy) is 4. The van der Waals surface area contributed by atoms with Crippen LogP contribution in [0.3, 0.4) is 0 Å². The first kappa shape index (κ1) is 26.4. The molecule has 0 heterocycles. The van der Waals surface area contributed by atoms with E-state index >= 15 is 0 Å². The maximum absolute atomic E-state index is 12.3. The first-order valence-electron chi connectivity index (χ1n) is 9.79.